The molecule has 1 fully saturated rings. The molecule has 3 aromatic rings. The maximum atomic E-state index is 12.6. The summed E-state index contributed by atoms with van der Waals surface area (Å²) < 4.78 is 5.05. The average Bonchev–Trinajstić information content (AvgIpc) is 3.36. The van der Waals surface area contributed by atoms with E-state index in [9.17, 15) is 19.2 Å². The molecule has 1 aliphatic heterocycles. The molecule has 2 aromatic carbocycles. The number of nitrogens with one attached hydrogen (secondary N) is 3. The van der Waals surface area contributed by atoms with Crippen molar-refractivity contribution in [2.45, 2.75) is 31.6 Å². The third kappa shape index (κ3) is 4.55. The first-order chi connectivity index (χ1) is 15.9. The van der Waals surface area contributed by atoms with Crippen LogP contribution in [0.25, 0.3) is 0 Å². The molecule has 8 heteroatoms. The van der Waals surface area contributed by atoms with Gasteiger partial charge in [0.05, 0.1) is 11.7 Å². The number of furan rings is 1. The number of anilines is 2. The van der Waals surface area contributed by atoms with Crippen LogP contribution in [-0.2, 0) is 15.0 Å². The Labute approximate surface area is 190 Å². The molecule has 4 amide bonds. The van der Waals surface area contributed by atoms with Crippen molar-refractivity contribution in [3.8, 4) is 0 Å². The first kappa shape index (κ1) is 22.0. The van der Waals surface area contributed by atoms with Crippen LogP contribution in [0.3, 0.4) is 0 Å². The zero-order valence-corrected chi connectivity index (χ0v) is 18.0. The molecule has 168 valence electrons. The predicted molar refractivity (Wildman–Crippen MR) is 122 cm³/mol. The minimum Gasteiger partial charge on any atom is -0.459 e. The van der Waals surface area contributed by atoms with Gasteiger partial charge in [-0.1, -0.05) is 19.1 Å². The van der Waals surface area contributed by atoms with E-state index in [2.05, 4.69) is 16.0 Å². The maximum Gasteiger partial charge on any atom is 0.291 e. The number of rotatable bonds is 6. The van der Waals surface area contributed by atoms with Crippen LogP contribution >= 0.6 is 0 Å². The van der Waals surface area contributed by atoms with Crippen LogP contribution < -0.4 is 16.0 Å². The van der Waals surface area contributed by atoms with Crippen LogP contribution in [0.5, 0.6) is 0 Å². The van der Waals surface area contributed by atoms with Gasteiger partial charge in [0.2, 0.25) is 11.8 Å². The summed E-state index contributed by atoms with van der Waals surface area (Å²) in [5, 5.41) is 7.95. The number of hydrogen-bond donors (Lipinski definition) is 3. The molecular formula is C25H23N3O5. The minimum atomic E-state index is -0.744. The molecule has 33 heavy (non-hydrogen) atoms. The monoisotopic (exact) mass is 445 g/mol. The van der Waals surface area contributed by atoms with Crippen molar-refractivity contribution < 1.29 is 23.6 Å². The lowest BCUT2D eigenvalue weighted by Crippen LogP contribution is -2.51. The van der Waals surface area contributed by atoms with Crippen molar-refractivity contribution in [3.63, 3.8) is 0 Å². The van der Waals surface area contributed by atoms with Crippen molar-refractivity contribution >= 4 is 35.0 Å². The van der Waals surface area contributed by atoms with Crippen molar-refractivity contribution in [2.24, 2.45) is 0 Å². The number of amides is 4. The summed E-state index contributed by atoms with van der Waals surface area (Å²) in [4.78, 5) is 48.7. The SMILES string of the molecule is CCC1(c2ccc(NC(=O)c3ccc(NC(=O)c4ccco4)cc3)cc2)CCC(=O)NC1=O. The molecule has 1 aromatic heterocycles. The Balaban J connectivity index is 1.41. The Kier molecular flexibility index (Phi) is 6.08. The Morgan fingerprint density at radius 3 is 2.15 bits per heavy atom. The van der Waals surface area contributed by atoms with Gasteiger partial charge in [-0.15, -0.1) is 0 Å². The van der Waals surface area contributed by atoms with Crippen LogP contribution in [0, 0.1) is 0 Å². The van der Waals surface area contributed by atoms with E-state index in [-0.39, 0.29) is 29.4 Å². The topological polar surface area (TPSA) is 118 Å². The zero-order chi connectivity index (χ0) is 23.4. The van der Waals surface area contributed by atoms with E-state index in [4.69, 9.17) is 4.42 Å². The molecule has 3 N–H and O–H groups in total. The van der Waals surface area contributed by atoms with Gasteiger partial charge in [0, 0.05) is 23.4 Å². The molecule has 8 nitrogen and oxygen atoms in total. The molecule has 0 bridgehead atoms. The molecule has 0 saturated carbocycles. The number of piperidine rings is 1. The highest BCUT2D eigenvalue weighted by Crippen LogP contribution is 2.36. The number of carbonyl (C=O) groups is 4. The molecule has 0 radical (unpaired) electrons. The van der Waals surface area contributed by atoms with Gasteiger partial charge in [0.1, 0.15) is 0 Å². The standard InChI is InChI=1S/C25H23N3O5/c1-2-25(14-13-21(29)28-24(25)32)17-7-11-19(12-8-17)26-22(30)16-5-9-18(10-6-16)27-23(31)20-4-3-15-33-20/h3-12,15H,2,13-14H2,1H3,(H,26,30)(H,27,31)(H,28,29,32). The number of carbonyl (C=O) groups excluding carboxylic acids is 4. The Morgan fingerprint density at radius 1 is 0.939 bits per heavy atom. The average molecular weight is 445 g/mol. The van der Waals surface area contributed by atoms with Gasteiger partial charge in [0.25, 0.3) is 11.8 Å². The molecule has 2 heterocycles. The van der Waals surface area contributed by atoms with Crippen LogP contribution in [0.15, 0.2) is 71.3 Å². The predicted octanol–water partition coefficient (Wildman–Crippen LogP) is 3.87. The van der Waals surface area contributed by atoms with Crippen LogP contribution in [-0.4, -0.2) is 23.6 Å². The lowest BCUT2D eigenvalue weighted by Gasteiger charge is -2.35. The maximum absolute atomic E-state index is 12.6. The van der Waals surface area contributed by atoms with Gasteiger partial charge < -0.3 is 15.1 Å². The molecule has 1 atom stereocenters. The normalized spacial score (nSPS) is 17.8. The Hall–Kier alpha value is -4.20. The van der Waals surface area contributed by atoms with Gasteiger partial charge in [-0.25, -0.2) is 0 Å². The van der Waals surface area contributed by atoms with Crippen LogP contribution in [0.1, 0.15) is 52.7 Å². The second-order valence-electron chi connectivity index (χ2n) is 7.85. The van der Waals surface area contributed by atoms with Gasteiger partial charge in [-0.2, -0.15) is 0 Å². The fraction of sp³-hybridized carbons (Fsp3) is 0.200. The summed E-state index contributed by atoms with van der Waals surface area (Å²) in [6.45, 7) is 1.92. The van der Waals surface area contributed by atoms with Crippen molar-refractivity contribution in [3.05, 3.63) is 83.8 Å². The number of hydrogen-bond acceptors (Lipinski definition) is 5. The molecular weight excluding hydrogens is 422 g/mol. The summed E-state index contributed by atoms with van der Waals surface area (Å²) in [5.74, 6) is -1.02. The molecule has 4 rings (SSSR count). The van der Waals surface area contributed by atoms with E-state index in [1.807, 2.05) is 19.1 Å². The second kappa shape index (κ2) is 9.12. The summed E-state index contributed by atoms with van der Waals surface area (Å²) in [6.07, 6.45) is 2.75. The second-order valence-corrected chi connectivity index (χ2v) is 7.85. The largest absolute Gasteiger partial charge is 0.459 e. The molecule has 1 saturated heterocycles. The van der Waals surface area contributed by atoms with Crippen LogP contribution in [0.2, 0.25) is 0 Å². The zero-order valence-electron chi connectivity index (χ0n) is 18.0. The van der Waals surface area contributed by atoms with E-state index in [0.717, 1.165) is 5.56 Å². The fourth-order valence-electron chi connectivity index (χ4n) is 3.95. The highest BCUT2D eigenvalue weighted by atomic mass is 16.3. The summed E-state index contributed by atoms with van der Waals surface area (Å²) in [5.41, 5.74) is 1.60. The Morgan fingerprint density at radius 2 is 1.58 bits per heavy atom. The first-order valence-corrected chi connectivity index (χ1v) is 10.6. The van der Waals surface area contributed by atoms with Gasteiger partial charge in [-0.3, -0.25) is 24.5 Å². The quantitative estimate of drug-likeness (QED) is 0.498. The summed E-state index contributed by atoms with van der Waals surface area (Å²) in [6, 6.07) is 16.8. The first-order valence-electron chi connectivity index (χ1n) is 10.6. The lowest BCUT2D eigenvalue weighted by atomic mass is 9.72. The molecule has 0 aliphatic carbocycles. The third-order valence-electron chi connectivity index (χ3n) is 5.92. The van der Waals surface area contributed by atoms with Gasteiger partial charge in [-0.05, 0) is 66.9 Å². The number of imide groups is 1. The highest BCUT2D eigenvalue weighted by Gasteiger charge is 2.42. The van der Waals surface area contributed by atoms with Gasteiger partial charge in [0.15, 0.2) is 5.76 Å². The number of benzene rings is 2. The lowest BCUT2D eigenvalue weighted by molar-refractivity contribution is -0.138. The molecule has 1 unspecified atom stereocenters. The van der Waals surface area contributed by atoms with E-state index in [0.29, 0.717) is 36.2 Å². The molecule has 0 spiro atoms. The summed E-state index contributed by atoms with van der Waals surface area (Å²) >= 11 is 0. The fourth-order valence-corrected chi connectivity index (χ4v) is 3.95. The van der Waals surface area contributed by atoms with Crippen molar-refractivity contribution in [1.82, 2.24) is 5.32 Å². The van der Waals surface area contributed by atoms with Crippen molar-refractivity contribution in [1.29, 1.82) is 0 Å². The van der Waals surface area contributed by atoms with E-state index < -0.39 is 5.41 Å². The third-order valence-corrected chi connectivity index (χ3v) is 5.92. The molecule has 1 aliphatic rings. The van der Waals surface area contributed by atoms with Crippen molar-refractivity contribution in [2.75, 3.05) is 10.6 Å². The van der Waals surface area contributed by atoms with Crippen LogP contribution in [0.4, 0.5) is 11.4 Å². The van der Waals surface area contributed by atoms with E-state index in [1.165, 1.54) is 6.26 Å². The minimum absolute atomic E-state index is 0.197. The van der Waals surface area contributed by atoms with E-state index in [1.54, 1.807) is 48.5 Å². The smallest absolute Gasteiger partial charge is 0.291 e. The summed E-state index contributed by atoms with van der Waals surface area (Å²) in [7, 11) is 0. The highest BCUT2D eigenvalue weighted by molar-refractivity contribution is 6.06. The Bertz CT molecular complexity index is 1180. The van der Waals surface area contributed by atoms with E-state index >= 15 is 0 Å². The van der Waals surface area contributed by atoms with Gasteiger partial charge >= 0.3 is 0 Å².